The van der Waals surface area contributed by atoms with Gasteiger partial charge in [0.2, 0.25) is 0 Å². The van der Waals surface area contributed by atoms with Crippen LogP contribution in [0.2, 0.25) is 0 Å². The molecule has 0 radical (unpaired) electrons. The second-order valence-corrected chi connectivity index (χ2v) is 7.58. The Morgan fingerprint density at radius 3 is 2.46 bits per heavy atom. The van der Waals surface area contributed by atoms with Crippen LogP contribution in [-0.4, -0.2) is 54.1 Å². The van der Waals surface area contributed by atoms with E-state index in [1.54, 1.807) is 21.7 Å². The summed E-state index contributed by atoms with van der Waals surface area (Å²) in [4.78, 5) is 38.4. The summed E-state index contributed by atoms with van der Waals surface area (Å²) >= 11 is 0. The van der Waals surface area contributed by atoms with Gasteiger partial charge < -0.3 is 18.9 Å². The van der Waals surface area contributed by atoms with Gasteiger partial charge in [0.1, 0.15) is 6.54 Å². The molecule has 7 nitrogen and oxygen atoms in total. The van der Waals surface area contributed by atoms with E-state index in [0.29, 0.717) is 35.9 Å². The number of nitrogens with zero attached hydrogens (tertiary/aromatic N) is 2. The number of piperidine rings is 1. The van der Waals surface area contributed by atoms with Crippen LogP contribution < -0.4 is 0 Å². The van der Waals surface area contributed by atoms with E-state index in [0.717, 1.165) is 11.9 Å². The largest absolute Gasteiger partial charge is 0.465 e. The number of hydrogen-bond donors (Lipinski definition) is 0. The van der Waals surface area contributed by atoms with Crippen molar-refractivity contribution in [3.05, 3.63) is 36.0 Å². The molecule has 0 N–H and O–H groups in total. The molecule has 0 aliphatic carbocycles. The topological polar surface area (TPSA) is 77.8 Å². The molecule has 1 aromatic heterocycles. The van der Waals surface area contributed by atoms with Crippen LogP contribution in [-0.2, 0) is 25.6 Å². The zero-order chi connectivity index (χ0) is 20.3. The van der Waals surface area contributed by atoms with Crippen LogP contribution in [0.5, 0.6) is 0 Å². The van der Waals surface area contributed by atoms with Crippen molar-refractivity contribution in [2.75, 3.05) is 26.8 Å². The number of ether oxygens (including phenoxy) is 2. The molecular formula is C21H26N2O5. The molecule has 1 fully saturated rings. The van der Waals surface area contributed by atoms with Gasteiger partial charge in [-0.15, -0.1) is 0 Å². The minimum Gasteiger partial charge on any atom is -0.465 e. The summed E-state index contributed by atoms with van der Waals surface area (Å²) in [7, 11) is 1.32. The molecule has 2 unspecified atom stereocenters. The van der Waals surface area contributed by atoms with Crippen molar-refractivity contribution in [2.45, 2.75) is 26.8 Å². The third kappa shape index (κ3) is 4.35. The summed E-state index contributed by atoms with van der Waals surface area (Å²) in [5.74, 6) is -0.257. The van der Waals surface area contributed by atoms with Gasteiger partial charge in [-0.1, -0.05) is 32.0 Å². The molecule has 7 heteroatoms. The van der Waals surface area contributed by atoms with Crippen LogP contribution >= 0.6 is 0 Å². The number of aromatic nitrogens is 1. The second kappa shape index (κ2) is 8.46. The number of esters is 2. The number of fused-ring (bicyclic) bond motifs is 1. The minimum atomic E-state index is -0.524. The van der Waals surface area contributed by atoms with Crippen LogP contribution in [0.4, 0.5) is 0 Å². The van der Waals surface area contributed by atoms with Gasteiger partial charge >= 0.3 is 11.9 Å². The van der Waals surface area contributed by atoms with Crippen molar-refractivity contribution < 1.29 is 23.9 Å². The van der Waals surface area contributed by atoms with E-state index in [1.165, 1.54) is 7.11 Å². The molecule has 2 heterocycles. The molecular weight excluding hydrogens is 360 g/mol. The quantitative estimate of drug-likeness (QED) is 0.738. The zero-order valence-electron chi connectivity index (χ0n) is 16.5. The number of amides is 1. The highest BCUT2D eigenvalue weighted by atomic mass is 16.5. The van der Waals surface area contributed by atoms with Crippen molar-refractivity contribution in [1.82, 2.24) is 9.47 Å². The lowest BCUT2D eigenvalue weighted by Gasteiger charge is -2.34. The van der Waals surface area contributed by atoms with Crippen LogP contribution in [0.1, 0.15) is 30.6 Å². The molecule has 2 aromatic rings. The summed E-state index contributed by atoms with van der Waals surface area (Å²) in [5, 5.41) is 0.703. The number of benzene rings is 1. The Kier molecular flexibility index (Phi) is 6.02. The van der Waals surface area contributed by atoms with E-state index < -0.39 is 11.9 Å². The van der Waals surface area contributed by atoms with Crippen molar-refractivity contribution >= 4 is 28.7 Å². The fraction of sp³-hybridized carbons (Fsp3) is 0.476. The lowest BCUT2D eigenvalue weighted by atomic mass is 9.92. The van der Waals surface area contributed by atoms with E-state index in [9.17, 15) is 14.4 Å². The van der Waals surface area contributed by atoms with E-state index in [1.807, 2.05) is 18.2 Å². The number of likely N-dealkylation sites (tertiary alicyclic amines) is 1. The molecule has 1 aliphatic rings. The molecule has 0 saturated carbocycles. The minimum absolute atomic E-state index is 0.0857. The van der Waals surface area contributed by atoms with Gasteiger partial charge in [-0.2, -0.15) is 0 Å². The maximum absolute atomic E-state index is 12.4. The Balaban J connectivity index is 1.64. The van der Waals surface area contributed by atoms with Crippen molar-refractivity contribution in [2.24, 2.45) is 11.8 Å². The monoisotopic (exact) mass is 386 g/mol. The zero-order valence-corrected chi connectivity index (χ0v) is 16.5. The molecule has 1 saturated heterocycles. The number of methoxy groups -OCH3 is 1. The van der Waals surface area contributed by atoms with E-state index >= 15 is 0 Å². The standard InChI is InChI=1S/C21H26N2O5/c1-14-8-15(2)10-23(9-14)19(24)13-28-20(25)12-22-11-17(21(26)27-3)16-6-4-5-7-18(16)22/h4-7,11,14-15H,8-10,12-13H2,1-3H3. The average molecular weight is 386 g/mol. The maximum Gasteiger partial charge on any atom is 0.340 e. The highest BCUT2D eigenvalue weighted by molar-refractivity contribution is 6.04. The van der Waals surface area contributed by atoms with Crippen LogP contribution in [0.3, 0.4) is 0 Å². The first kappa shape index (κ1) is 19.9. The summed E-state index contributed by atoms with van der Waals surface area (Å²) in [6.45, 7) is 5.30. The predicted molar refractivity (Wildman–Crippen MR) is 104 cm³/mol. The first-order valence-electron chi connectivity index (χ1n) is 9.48. The van der Waals surface area contributed by atoms with Gasteiger partial charge in [0, 0.05) is 30.2 Å². The summed E-state index contributed by atoms with van der Waals surface area (Å²) < 4.78 is 11.7. The van der Waals surface area contributed by atoms with Gasteiger partial charge in [0.15, 0.2) is 6.61 Å². The highest BCUT2D eigenvalue weighted by Gasteiger charge is 2.26. The molecule has 1 amide bonds. The van der Waals surface area contributed by atoms with Crippen molar-refractivity contribution in [1.29, 1.82) is 0 Å². The first-order chi connectivity index (χ1) is 13.4. The molecule has 1 aliphatic heterocycles. The SMILES string of the molecule is COC(=O)c1cn(CC(=O)OCC(=O)N2CC(C)CC(C)C2)c2ccccc12. The highest BCUT2D eigenvalue weighted by Crippen LogP contribution is 2.23. The number of rotatable bonds is 5. The van der Waals surface area contributed by atoms with Crippen LogP contribution in [0, 0.1) is 11.8 Å². The van der Waals surface area contributed by atoms with Crippen LogP contribution in [0.15, 0.2) is 30.5 Å². The molecule has 0 bridgehead atoms. The number of para-hydroxylation sites is 1. The lowest BCUT2D eigenvalue weighted by molar-refractivity contribution is -0.153. The lowest BCUT2D eigenvalue weighted by Crippen LogP contribution is -2.44. The Labute approximate surface area is 164 Å². The summed E-state index contributed by atoms with van der Waals surface area (Å²) in [6.07, 6.45) is 2.68. The molecule has 28 heavy (non-hydrogen) atoms. The third-order valence-electron chi connectivity index (χ3n) is 5.07. The van der Waals surface area contributed by atoms with Crippen molar-refractivity contribution in [3.8, 4) is 0 Å². The summed E-state index contributed by atoms with van der Waals surface area (Å²) in [5.41, 5.74) is 1.11. The van der Waals surface area contributed by atoms with Gasteiger partial charge in [-0.25, -0.2) is 4.79 Å². The summed E-state index contributed by atoms with van der Waals surface area (Å²) in [6, 6.07) is 7.26. The third-order valence-corrected chi connectivity index (χ3v) is 5.07. The van der Waals surface area contributed by atoms with E-state index in [2.05, 4.69) is 13.8 Å². The van der Waals surface area contributed by atoms with Gasteiger partial charge in [0.05, 0.1) is 12.7 Å². The normalized spacial score (nSPS) is 19.5. The number of carbonyl (C=O) groups is 3. The molecule has 3 rings (SSSR count). The molecule has 150 valence electrons. The smallest absolute Gasteiger partial charge is 0.340 e. The van der Waals surface area contributed by atoms with Gasteiger partial charge in [-0.3, -0.25) is 9.59 Å². The average Bonchev–Trinajstić information content (AvgIpc) is 3.03. The van der Waals surface area contributed by atoms with Crippen LogP contribution in [0.25, 0.3) is 10.9 Å². The Morgan fingerprint density at radius 1 is 1.11 bits per heavy atom. The fourth-order valence-electron chi connectivity index (χ4n) is 3.94. The second-order valence-electron chi connectivity index (χ2n) is 7.58. The first-order valence-corrected chi connectivity index (χ1v) is 9.48. The Hall–Kier alpha value is -2.83. The molecule has 0 spiro atoms. The van der Waals surface area contributed by atoms with Gasteiger partial charge in [0.25, 0.3) is 5.91 Å². The van der Waals surface area contributed by atoms with E-state index in [-0.39, 0.29) is 19.1 Å². The van der Waals surface area contributed by atoms with Gasteiger partial charge in [-0.05, 0) is 24.3 Å². The van der Waals surface area contributed by atoms with E-state index in [4.69, 9.17) is 9.47 Å². The number of carbonyl (C=O) groups excluding carboxylic acids is 3. The fourth-order valence-corrected chi connectivity index (χ4v) is 3.94. The Bertz CT molecular complexity index is 878. The number of hydrogen-bond acceptors (Lipinski definition) is 5. The molecule has 2 atom stereocenters. The Morgan fingerprint density at radius 2 is 1.79 bits per heavy atom. The maximum atomic E-state index is 12.4. The van der Waals surface area contributed by atoms with Crippen molar-refractivity contribution in [3.63, 3.8) is 0 Å². The molecule has 1 aromatic carbocycles. The predicted octanol–water partition coefficient (Wildman–Crippen LogP) is 2.48.